The molecule has 0 amide bonds. The molecule has 3 rings (SSSR count). The van der Waals surface area contributed by atoms with Crippen LogP contribution in [0, 0.1) is 0 Å². The lowest BCUT2D eigenvalue weighted by Crippen LogP contribution is -2.22. The molecule has 0 fully saturated rings. The van der Waals surface area contributed by atoms with Crippen LogP contribution in [0.5, 0.6) is 0 Å². The zero-order valence-corrected chi connectivity index (χ0v) is 13.6. The minimum atomic E-state index is 0.353. The van der Waals surface area contributed by atoms with Gasteiger partial charge in [0.25, 0.3) is 0 Å². The van der Waals surface area contributed by atoms with E-state index >= 15 is 0 Å². The van der Waals surface area contributed by atoms with E-state index in [1.165, 1.54) is 20.5 Å². The largest absolute Gasteiger partial charge is 0.310 e. The molecule has 0 saturated heterocycles. The minimum absolute atomic E-state index is 0.353. The van der Waals surface area contributed by atoms with Crippen molar-refractivity contribution in [2.45, 2.75) is 19.4 Å². The fourth-order valence-corrected chi connectivity index (χ4v) is 4.62. The maximum atomic E-state index is 6.04. The molecule has 0 radical (unpaired) electrons. The fraction of sp³-hybridized carbons (Fsp3) is 0.250. The van der Waals surface area contributed by atoms with Crippen LogP contribution < -0.4 is 5.32 Å². The summed E-state index contributed by atoms with van der Waals surface area (Å²) in [5.41, 5.74) is 1.40. The average Bonchev–Trinajstić information content (AvgIpc) is 3.04. The van der Waals surface area contributed by atoms with Gasteiger partial charge in [-0.05, 0) is 41.1 Å². The molecule has 1 atom stereocenters. The molecule has 1 unspecified atom stereocenters. The van der Waals surface area contributed by atoms with E-state index in [2.05, 4.69) is 48.0 Å². The van der Waals surface area contributed by atoms with Gasteiger partial charge in [-0.3, -0.25) is 0 Å². The van der Waals surface area contributed by atoms with Crippen LogP contribution in [0.4, 0.5) is 0 Å². The molecule has 0 aliphatic carbocycles. The second-order valence-electron chi connectivity index (χ2n) is 4.71. The molecule has 1 aromatic carbocycles. The van der Waals surface area contributed by atoms with Gasteiger partial charge < -0.3 is 5.32 Å². The van der Waals surface area contributed by atoms with Crippen molar-refractivity contribution in [3.05, 3.63) is 56.6 Å². The summed E-state index contributed by atoms with van der Waals surface area (Å²) in [6, 6.07) is 13.1. The molecule has 0 aliphatic rings. The Morgan fingerprint density at radius 1 is 1.20 bits per heavy atom. The highest BCUT2D eigenvalue weighted by Gasteiger charge is 2.16. The van der Waals surface area contributed by atoms with Crippen molar-refractivity contribution in [2.75, 3.05) is 6.54 Å². The number of likely N-dealkylation sites (N-methyl/N-ethyl adjacent to an activating group) is 1. The molecule has 20 heavy (non-hydrogen) atoms. The molecule has 3 aromatic rings. The third-order valence-electron chi connectivity index (χ3n) is 3.37. The van der Waals surface area contributed by atoms with Crippen LogP contribution in [0.3, 0.4) is 0 Å². The van der Waals surface area contributed by atoms with E-state index in [0.717, 1.165) is 17.3 Å². The van der Waals surface area contributed by atoms with Gasteiger partial charge >= 0.3 is 0 Å². The third-order valence-corrected chi connectivity index (χ3v) is 5.61. The summed E-state index contributed by atoms with van der Waals surface area (Å²) in [5, 5.41) is 7.26. The number of fused-ring (bicyclic) bond motifs is 1. The highest BCUT2D eigenvalue weighted by Crippen LogP contribution is 2.33. The number of benzene rings is 1. The Hall–Kier alpha value is -0.870. The van der Waals surface area contributed by atoms with E-state index in [4.69, 9.17) is 11.6 Å². The minimum Gasteiger partial charge on any atom is -0.310 e. The summed E-state index contributed by atoms with van der Waals surface area (Å²) in [7, 11) is 0. The van der Waals surface area contributed by atoms with Gasteiger partial charge in [-0.25, -0.2) is 0 Å². The summed E-state index contributed by atoms with van der Waals surface area (Å²) >= 11 is 9.54. The summed E-state index contributed by atoms with van der Waals surface area (Å²) < 4.78 is 2.22. The molecule has 0 bridgehead atoms. The number of nitrogens with one attached hydrogen (secondary N) is 1. The highest BCUT2D eigenvalue weighted by atomic mass is 35.5. The zero-order valence-electron chi connectivity index (χ0n) is 11.2. The van der Waals surface area contributed by atoms with Gasteiger partial charge in [-0.2, -0.15) is 0 Å². The van der Waals surface area contributed by atoms with E-state index in [9.17, 15) is 0 Å². The van der Waals surface area contributed by atoms with Crippen molar-refractivity contribution in [3.63, 3.8) is 0 Å². The lowest BCUT2D eigenvalue weighted by atomic mass is 10.0. The van der Waals surface area contributed by atoms with Crippen LogP contribution in [0.25, 0.3) is 10.1 Å². The molecule has 1 N–H and O–H groups in total. The second-order valence-corrected chi connectivity index (χ2v) is 7.42. The molecule has 0 spiro atoms. The first-order chi connectivity index (χ1) is 9.78. The van der Waals surface area contributed by atoms with Crippen LogP contribution in [0.15, 0.2) is 41.8 Å². The Kier molecular flexibility index (Phi) is 4.41. The van der Waals surface area contributed by atoms with Crippen molar-refractivity contribution < 1.29 is 0 Å². The number of hydrogen-bond donors (Lipinski definition) is 1. The van der Waals surface area contributed by atoms with E-state index < -0.39 is 0 Å². The molecule has 2 heterocycles. The molecule has 2 aromatic heterocycles. The van der Waals surface area contributed by atoms with Crippen LogP contribution >= 0.6 is 34.3 Å². The van der Waals surface area contributed by atoms with E-state index in [0.29, 0.717) is 6.04 Å². The Morgan fingerprint density at radius 2 is 2.05 bits per heavy atom. The van der Waals surface area contributed by atoms with Crippen molar-refractivity contribution in [2.24, 2.45) is 0 Å². The van der Waals surface area contributed by atoms with Crippen molar-refractivity contribution in [3.8, 4) is 0 Å². The summed E-state index contributed by atoms with van der Waals surface area (Å²) in [6.45, 7) is 3.12. The number of rotatable bonds is 5. The maximum absolute atomic E-state index is 6.04. The monoisotopic (exact) mass is 321 g/mol. The smallest absolute Gasteiger partial charge is 0.0931 e. The van der Waals surface area contributed by atoms with E-state index in [1.54, 1.807) is 11.3 Å². The van der Waals surface area contributed by atoms with Gasteiger partial charge in [-0.15, -0.1) is 22.7 Å². The summed E-state index contributed by atoms with van der Waals surface area (Å²) in [4.78, 5) is 1.33. The van der Waals surface area contributed by atoms with Crippen LogP contribution in [0.2, 0.25) is 4.34 Å². The number of thiophene rings is 2. The van der Waals surface area contributed by atoms with Crippen molar-refractivity contribution >= 4 is 44.4 Å². The predicted molar refractivity (Wildman–Crippen MR) is 91.3 cm³/mol. The van der Waals surface area contributed by atoms with Gasteiger partial charge in [-0.1, -0.05) is 36.7 Å². The molecule has 4 heteroatoms. The maximum Gasteiger partial charge on any atom is 0.0931 e. The first-order valence-electron chi connectivity index (χ1n) is 6.71. The summed E-state index contributed by atoms with van der Waals surface area (Å²) in [6.07, 6.45) is 0.992. The van der Waals surface area contributed by atoms with Gasteiger partial charge in [0.15, 0.2) is 0 Å². The molecule has 0 saturated carbocycles. The molecule has 104 valence electrons. The Morgan fingerprint density at radius 3 is 2.80 bits per heavy atom. The molecule has 0 aliphatic heterocycles. The van der Waals surface area contributed by atoms with Gasteiger partial charge in [0.05, 0.1) is 4.34 Å². The highest BCUT2D eigenvalue weighted by molar-refractivity contribution is 7.17. The normalized spacial score (nSPS) is 12.9. The summed E-state index contributed by atoms with van der Waals surface area (Å²) in [5.74, 6) is 0. The quantitative estimate of drug-likeness (QED) is 0.653. The van der Waals surface area contributed by atoms with Crippen molar-refractivity contribution in [1.29, 1.82) is 0 Å². The van der Waals surface area contributed by atoms with Gasteiger partial charge in [0.2, 0.25) is 0 Å². The number of hydrogen-bond acceptors (Lipinski definition) is 3. The SMILES string of the molecule is CCNC(Cc1ccc(Cl)s1)c1csc2ccccc12. The third kappa shape index (κ3) is 2.91. The van der Waals surface area contributed by atoms with Gasteiger partial charge in [0, 0.05) is 22.0 Å². The first-order valence-corrected chi connectivity index (χ1v) is 8.79. The second kappa shape index (κ2) is 6.27. The zero-order chi connectivity index (χ0) is 13.9. The van der Waals surface area contributed by atoms with E-state index in [-0.39, 0.29) is 0 Å². The van der Waals surface area contributed by atoms with Gasteiger partial charge in [0.1, 0.15) is 0 Å². The lowest BCUT2D eigenvalue weighted by Gasteiger charge is -2.17. The Labute approximate surface area is 132 Å². The first kappa shape index (κ1) is 14.1. The molecular weight excluding hydrogens is 306 g/mol. The Balaban J connectivity index is 1.93. The number of halogens is 1. The molecular formula is C16H16ClNS2. The van der Waals surface area contributed by atoms with E-state index in [1.807, 2.05) is 17.4 Å². The Bertz CT molecular complexity index is 701. The topological polar surface area (TPSA) is 12.0 Å². The van der Waals surface area contributed by atoms with Crippen LogP contribution in [0.1, 0.15) is 23.4 Å². The average molecular weight is 322 g/mol. The molecule has 1 nitrogen and oxygen atoms in total. The standard InChI is InChI=1S/C16H16ClNS2/c1-2-18-14(9-11-7-8-16(17)20-11)13-10-19-15-6-4-3-5-12(13)15/h3-8,10,14,18H,2,9H2,1H3. The van der Waals surface area contributed by atoms with Crippen molar-refractivity contribution in [1.82, 2.24) is 5.32 Å². The predicted octanol–water partition coefficient (Wildman–Crippen LogP) is 5.51. The fourth-order valence-electron chi connectivity index (χ4n) is 2.47. The van der Waals surface area contributed by atoms with Crippen LogP contribution in [-0.2, 0) is 6.42 Å². The van der Waals surface area contributed by atoms with Crippen LogP contribution in [-0.4, -0.2) is 6.54 Å². The lowest BCUT2D eigenvalue weighted by molar-refractivity contribution is 0.558.